The molecule has 1 fully saturated rings. The number of rotatable bonds is 9. The normalized spacial score (nSPS) is 13.4. The summed E-state index contributed by atoms with van der Waals surface area (Å²) in [5.41, 5.74) is 12.0. The zero-order valence-corrected chi connectivity index (χ0v) is 32.7. The van der Waals surface area contributed by atoms with E-state index >= 15 is 0 Å². The molecule has 0 bridgehead atoms. The SMILES string of the molecule is CC(C)c1cccc(C(C)C)c1N1[CH-]N(c2c(C(C)C)cccc2C(C)C)CC1.CN(c1ccccc1)c1ccccc1[CH]=[Ru]([Cl])[Cl]. The van der Waals surface area contributed by atoms with Crippen LogP contribution in [0.4, 0.5) is 22.7 Å². The van der Waals surface area contributed by atoms with Crippen LogP contribution in [0.5, 0.6) is 0 Å². The quantitative estimate of drug-likeness (QED) is 0.124. The van der Waals surface area contributed by atoms with E-state index in [4.69, 9.17) is 19.4 Å². The van der Waals surface area contributed by atoms with E-state index in [1.54, 1.807) is 0 Å². The maximum atomic E-state index is 5.97. The maximum absolute atomic E-state index is 5.97. The van der Waals surface area contributed by atoms with E-state index in [0.29, 0.717) is 23.7 Å². The van der Waals surface area contributed by atoms with Crippen LogP contribution in [0.15, 0.2) is 91.0 Å². The van der Waals surface area contributed by atoms with Crippen molar-refractivity contribution in [2.24, 2.45) is 0 Å². The van der Waals surface area contributed by atoms with Gasteiger partial charge in [-0.05, 0) is 45.9 Å². The molecule has 0 N–H and O–H groups in total. The van der Waals surface area contributed by atoms with Gasteiger partial charge in [-0.15, -0.1) is 0 Å². The van der Waals surface area contributed by atoms with Gasteiger partial charge in [0, 0.05) is 24.5 Å². The molecule has 0 unspecified atom stereocenters. The molecule has 4 aromatic carbocycles. The fourth-order valence-electron chi connectivity index (χ4n) is 6.28. The van der Waals surface area contributed by atoms with Gasteiger partial charge in [0.05, 0.1) is 0 Å². The number of nitrogens with zero attached hydrogens (tertiary/aromatic N) is 3. The zero-order chi connectivity index (χ0) is 34.2. The average molecular weight is 759 g/mol. The molecule has 254 valence electrons. The first kappa shape index (κ1) is 37.2. The summed E-state index contributed by atoms with van der Waals surface area (Å²) in [5, 5.41) is 0. The molecule has 0 aliphatic carbocycles. The Balaban J connectivity index is 0.000000238. The first-order valence-corrected chi connectivity index (χ1v) is 22.2. The van der Waals surface area contributed by atoms with Gasteiger partial charge in [-0.1, -0.05) is 91.8 Å². The molecule has 0 radical (unpaired) electrons. The first-order chi connectivity index (χ1) is 22.4. The van der Waals surface area contributed by atoms with Gasteiger partial charge in [0.2, 0.25) is 0 Å². The predicted molar refractivity (Wildman–Crippen MR) is 206 cm³/mol. The molecule has 0 atom stereocenters. The van der Waals surface area contributed by atoms with Crippen molar-refractivity contribution in [2.75, 3.05) is 34.8 Å². The van der Waals surface area contributed by atoms with Gasteiger partial charge in [0.15, 0.2) is 0 Å². The second kappa shape index (κ2) is 17.1. The summed E-state index contributed by atoms with van der Waals surface area (Å²) in [4.78, 5) is 7.15. The van der Waals surface area contributed by atoms with Gasteiger partial charge in [0.25, 0.3) is 0 Å². The van der Waals surface area contributed by atoms with Crippen molar-refractivity contribution < 1.29 is 13.5 Å². The van der Waals surface area contributed by atoms with Crippen LogP contribution in [0.3, 0.4) is 0 Å². The number of para-hydroxylation sites is 4. The van der Waals surface area contributed by atoms with Crippen molar-refractivity contribution in [3.8, 4) is 0 Å². The average Bonchev–Trinajstić information content (AvgIpc) is 3.54. The second-order valence-corrected chi connectivity index (χ2v) is 19.2. The van der Waals surface area contributed by atoms with Crippen LogP contribution in [0.2, 0.25) is 0 Å². The minimum absolute atomic E-state index is 0.514. The van der Waals surface area contributed by atoms with Crippen LogP contribution in [0, 0.1) is 6.67 Å². The summed E-state index contributed by atoms with van der Waals surface area (Å²) in [7, 11) is 14.0. The van der Waals surface area contributed by atoms with E-state index in [1.165, 1.54) is 33.6 Å². The summed E-state index contributed by atoms with van der Waals surface area (Å²) in [5.74, 6) is 2.06. The third-order valence-corrected chi connectivity index (χ3v) is 10.6. The molecule has 1 heterocycles. The Bertz CT molecular complexity index is 1510. The van der Waals surface area contributed by atoms with Crippen LogP contribution in [0.25, 0.3) is 0 Å². The standard InChI is InChI=1S/C27H39N2.C14H13N.2ClH.Ru/c1-18(2)22-11-9-12-23(19(3)4)26(22)28-15-16-29(17-28)27-24(20(5)6)13-10-14-25(27)21(7)8;1-12-8-6-7-11-14(12)15(2)13-9-4-3-5-10-13;;;/h9-14,17-21H,15-16H2,1-8H3;1,3-11H,2H3;2*1H;/q-1;;;;+2/p-2. The van der Waals surface area contributed by atoms with E-state index in [9.17, 15) is 0 Å². The number of halogens is 2. The molecule has 1 aliphatic heterocycles. The van der Waals surface area contributed by atoms with Crippen molar-refractivity contribution in [1.29, 1.82) is 0 Å². The van der Waals surface area contributed by atoms with Crippen molar-refractivity contribution in [3.63, 3.8) is 0 Å². The zero-order valence-electron chi connectivity index (χ0n) is 29.5. The molecule has 0 amide bonds. The molecule has 3 nitrogen and oxygen atoms in total. The Morgan fingerprint density at radius 3 is 1.40 bits per heavy atom. The van der Waals surface area contributed by atoms with Gasteiger partial charge < -0.3 is 9.80 Å². The fourth-order valence-corrected chi connectivity index (χ4v) is 8.09. The van der Waals surface area contributed by atoms with E-state index in [-0.39, 0.29) is 0 Å². The third-order valence-electron chi connectivity index (χ3n) is 8.75. The number of benzene rings is 4. The summed E-state index contributed by atoms with van der Waals surface area (Å²) < 4.78 is 1.97. The van der Waals surface area contributed by atoms with Gasteiger partial charge in [-0.25, -0.2) is 0 Å². The molecule has 5 rings (SSSR count). The van der Waals surface area contributed by atoms with E-state index in [1.807, 2.05) is 48.1 Å². The van der Waals surface area contributed by atoms with Crippen LogP contribution >= 0.6 is 19.4 Å². The van der Waals surface area contributed by atoms with Gasteiger partial charge in [0.1, 0.15) is 0 Å². The predicted octanol–water partition coefficient (Wildman–Crippen LogP) is 12.2. The molecule has 6 heteroatoms. The molecule has 0 spiro atoms. The van der Waals surface area contributed by atoms with Crippen LogP contribution < -0.4 is 14.7 Å². The molecule has 1 saturated heterocycles. The Kier molecular flexibility index (Phi) is 13.6. The summed E-state index contributed by atoms with van der Waals surface area (Å²) in [6, 6.07) is 32.0. The van der Waals surface area contributed by atoms with Gasteiger partial charge >= 0.3 is 121 Å². The topological polar surface area (TPSA) is 9.72 Å². The van der Waals surface area contributed by atoms with E-state index in [0.717, 1.165) is 30.0 Å². The molecule has 4 aromatic rings. The first-order valence-electron chi connectivity index (χ1n) is 16.8. The number of anilines is 4. The number of hydrogen-bond donors (Lipinski definition) is 0. The summed E-state index contributed by atoms with van der Waals surface area (Å²) >= 11 is -1.81. The van der Waals surface area contributed by atoms with E-state index in [2.05, 4.69) is 131 Å². The second-order valence-electron chi connectivity index (χ2n) is 13.5. The van der Waals surface area contributed by atoms with Crippen LogP contribution in [-0.4, -0.2) is 24.7 Å². The Morgan fingerprint density at radius 1 is 0.596 bits per heavy atom. The van der Waals surface area contributed by atoms with Crippen molar-refractivity contribution in [1.82, 2.24) is 0 Å². The van der Waals surface area contributed by atoms with Gasteiger partial charge in [-0.3, -0.25) is 0 Å². The molecule has 0 aromatic heterocycles. The van der Waals surface area contributed by atoms with Crippen molar-refractivity contribution >= 4 is 46.7 Å². The third kappa shape index (κ3) is 9.29. The van der Waals surface area contributed by atoms with Crippen LogP contribution in [0.1, 0.15) is 107 Å². The molecule has 0 saturated carbocycles. The fraction of sp³-hybridized carbons (Fsp3) is 0.366. The molecular formula is C41H52Cl2N3Ru-. The summed E-state index contributed by atoms with van der Waals surface area (Å²) in [6.07, 6.45) is 0. The van der Waals surface area contributed by atoms with E-state index < -0.39 is 13.5 Å². The van der Waals surface area contributed by atoms with Crippen LogP contribution in [-0.2, 0) is 13.5 Å². The number of hydrogen-bond acceptors (Lipinski definition) is 3. The Labute approximate surface area is 298 Å². The van der Waals surface area contributed by atoms with Gasteiger partial charge in [-0.2, -0.15) is 6.67 Å². The van der Waals surface area contributed by atoms with Crippen molar-refractivity contribution in [2.45, 2.75) is 79.1 Å². The Morgan fingerprint density at radius 2 is 1.00 bits per heavy atom. The Hall–Kier alpha value is -2.65. The monoisotopic (exact) mass is 758 g/mol. The minimum atomic E-state index is -1.81. The summed E-state index contributed by atoms with van der Waals surface area (Å²) in [6.45, 7) is 22.9. The molecular weight excluding hydrogens is 706 g/mol. The molecule has 47 heavy (non-hydrogen) atoms. The molecule has 1 aliphatic rings. The van der Waals surface area contributed by atoms with Crippen molar-refractivity contribution in [3.05, 3.63) is 125 Å².